The minimum absolute atomic E-state index is 0.217. The Hall–Kier alpha value is -1.32. The molecule has 23 heavy (non-hydrogen) atoms. The summed E-state index contributed by atoms with van der Waals surface area (Å²) in [5.41, 5.74) is 2.62. The molecule has 6 heteroatoms. The first-order valence-electron chi connectivity index (χ1n) is 6.73. The summed E-state index contributed by atoms with van der Waals surface area (Å²) >= 11 is 24.6. The van der Waals surface area contributed by atoms with Gasteiger partial charge in [0.05, 0.1) is 0 Å². The van der Waals surface area contributed by atoms with Crippen LogP contribution in [0, 0.1) is 0 Å². The van der Waals surface area contributed by atoms with Crippen LogP contribution in [-0.4, -0.2) is 9.97 Å². The summed E-state index contributed by atoms with van der Waals surface area (Å²) in [5.74, 6) is -0.217. The second-order valence-corrected chi connectivity index (χ2v) is 6.49. The average Bonchev–Trinajstić information content (AvgIpc) is 2.53. The first-order chi connectivity index (χ1) is 11.1. The normalized spacial score (nSPS) is 11.0. The van der Waals surface area contributed by atoms with E-state index < -0.39 is 0 Å². The van der Waals surface area contributed by atoms with E-state index in [1.54, 1.807) is 0 Å². The molecule has 0 aliphatic rings. The zero-order valence-corrected chi connectivity index (χ0v) is 14.7. The van der Waals surface area contributed by atoms with Crippen molar-refractivity contribution in [2.24, 2.45) is 0 Å². The molecule has 2 nitrogen and oxygen atoms in total. The molecule has 0 bridgehead atoms. The lowest BCUT2D eigenvalue weighted by atomic mass is 9.86. The van der Waals surface area contributed by atoms with E-state index >= 15 is 0 Å². The van der Waals surface area contributed by atoms with Gasteiger partial charge >= 0.3 is 0 Å². The number of aromatic nitrogens is 2. The molecule has 0 saturated heterocycles. The van der Waals surface area contributed by atoms with E-state index in [2.05, 4.69) is 9.97 Å². The molecule has 3 aromatic rings. The second kappa shape index (κ2) is 7.06. The van der Waals surface area contributed by atoms with Gasteiger partial charge in [-0.1, -0.05) is 70.7 Å². The van der Waals surface area contributed by atoms with E-state index in [1.807, 2.05) is 48.5 Å². The van der Waals surface area contributed by atoms with E-state index in [4.69, 9.17) is 46.4 Å². The average molecular weight is 384 g/mol. The van der Waals surface area contributed by atoms with E-state index in [0.717, 1.165) is 11.1 Å². The van der Waals surface area contributed by atoms with Gasteiger partial charge in [-0.2, -0.15) is 0 Å². The van der Waals surface area contributed by atoms with Gasteiger partial charge in [0.15, 0.2) is 0 Å². The fourth-order valence-corrected chi connectivity index (χ4v) is 3.21. The molecule has 0 radical (unpaired) electrons. The number of halogens is 4. The Morgan fingerprint density at radius 2 is 1.00 bits per heavy atom. The topological polar surface area (TPSA) is 25.8 Å². The van der Waals surface area contributed by atoms with E-state index in [0.29, 0.717) is 25.9 Å². The van der Waals surface area contributed by atoms with Crippen molar-refractivity contribution in [2.45, 2.75) is 5.92 Å². The number of hydrogen-bond acceptors (Lipinski definition) is 2. The molecule has 0 unspecified atom stereocenters. The fourth-order valence-electron chi connectivity index (χ4n) is 2.43. The predicted molar refractivity (Wildman–Crippen MR) is 95.9 cm³/mol. The molecule has 0 spiro atoms. The molecular formula is C17H10Cl4N2. The molecule has 116 valence electrons. The molecule has 0 atom stereocenters. The Morgan fingerprint density at radius 1 is 0.609 bits per heavy atom. The summed E-state index contributed by atoms with van der Waals surface area (Å²) in [6.45, 7) is 0. The van der Waals surface area contributed by atoms with Crippen molar-refractivity contribution in [3.63, 3.8) is 0 Å². The number of hydrogen-bond donors (Lipinski definition) is 0. The lowest BCUT2D eigenvalue weighted by Crippen LogP contribution is -2.07. The van der Waals surface area contributed by atoms with Gasteiger partial charge in [0.25, 0.3) is 0 Å². The largest absolute Gasteiger partial charge is 0.224 e. The first-order valence-corrected chi connectivity index (χ1v) is 8.24. The van der Waals surface area contributed by atoms with Gasteiger partial charge in [-0.05, 0) is 35.4 Å². The molecule has 2 aromatic carbocycles. The Morgan fingerprint density at radius 3 is 1.39 bits per heavy atom. The van der Waals surface area contributed by atoms with Gasteiger partial charge in [-0.25, -0.2) is 9.97 Å². The summed E-state index contributed by atoms with van der Waals surface area (Å²) in [5, 5.41) is 1.95. The monoisotopic (exact) mass is 382 g/mol. The maximum Gasteiger partial charge on any atom is 0.138 e. The summed E-state index contributed by atoms with van der Waals surface area (Å²) in [4.78, 5) is 8.13. The molecule has 1 aromatic heterocycles. The lowest BCUT2D eigenvalue weighted by molar-refractivity contribution is 0.941. The Kier molecular flexibility index (Phi) is 5.08. The third-order valence-electron chi connectivity index (χ3n) is 3.48. The highest BCUT2D eigenvalue weighted by Crippen LogP contribution is 2.38. The van der Waals surface area contributed by atoms with Gasteiger partial charge in [0.2, 0.25) is 0 Å². The third-order valence-corrected chi connectivity index (χ3v) is 4.59. The molecule has 0 aliphatic carbocycles. The number of rotatable bonds is 3. The molecule has 3 rings (SSSR count). The van der Waals surface area contributed by atoms with Crippen molar-refractivity contribution in [2.75, 3.05) is 0 Å². The van der Waals surface area contributed by atoms with E-state index in [-0.39, 0.29) is 5.92 Å². The van der Waals surface area contributed by atoms with Crippen LogP contribution in [0.15, 0.2) is 54.9 Å². The van der Waals surface area contributed by atoms with Crippen LogP contribution in [-0.2, 0) is 0 Å². The van der Waals surface area contributed by atoms with E-state index in [1.165, 1.54) is 6.33 Å². The standard InChI is InChI=1S/C17H10Cl4N2/c18-12-5-1-10(2-6-12)14(11-3-7-13(19)8-4-11)15-16(20)22-9-23-17(15)21/h1-9,14H. The maximum absolute atomic E-state index is 6.30. The van der Waals surface area contributed by atoms with Crippen LogP contribution >= 0.6 is 46.4 Å². The SMILES string of the molecule is Clc1ccc(C(c2ccc(Cl)cc2)c2c(Cl)ncnc2Cl)cc1. The summed E-state index contributed by atoms with van der Waals surface area (Å²) in [7, 11) is 0. The third kappa shape index (κ3) is 3.61. The highest BCUT2D eigenvalue weighted by molar-refractivity contribution is 6.34. The molecule has 0 fully saturated rings. The summed E-state index contributed by atoms with van der Waals surface area (Å²) in [6, 6.07) is 15.0. The fraction of sp³-hybridized carbons (Fsp3) is 0.0588. The van der Waals surface area contributed by atoms with Crippen molar-refractivity contribution < 1.29 is 0 Å². The second-order valence-electron chi connectivity index (χ2n) is 4.91. The van der Waals surface area contributed by atoms with E-state index in [9.17, 15) is 0 Å². The Labute approximate surface area is 154 Å². The summed E-state index contributed by atoms with van der Waals surface area (Å²) in [6.07, 6.45) is 1.34. The molecule has 0 saturated carbocycles. The summed E-state index contributed by atoms with van der Waals surface area (Å²) < 4.78 is 0. The van der Waals surface area contributed by atoms with Crippen LogP contribution in [0.4, 0.5) is 0 Å². The van der Waals surface area contributed by atoms with Crippen molar-refractivity contribution in [3.05, 3.63) is 91.9 Å². The van der Waals surface area contributed by atoms with Crippen molar-refractivity contribution in [3.8, 4) is 0 Å². The van der Waals surface area contributed by atoms with Gasteiger partial charge in [-0.15, -0.1) is 0 Å². The number of benzene rings is 2. The van der Waals surface area contributed by atoms with Crippen LogP contribution < -0.4 is 0 Å². The first kappa shape index (κ1) is 16.5. The highest BCUT2D eigenvalue weighted by Gasteiger charge is 2.23. The van der Waals surface area contributed by atoms with Crippen LogP contribution in [0.1, 0.15) is 22.6 Å². The Balaban J connectivity index is 2.21. The lowest BCUT2D eigenvalue weighted by Gasteiger charge is -2.20. The smallest absolute Gasteiger partial charge is 0.138 e. The quantitative estimate of drug-likeness (QED) is 0.498. The van der Waals surface area contributed by atoms with Gasteiger partial charge < -0.3 is 0 Å². The van der Waals surface area contributed by atoms with Crippen molar-refractivity contribution in [1.29, 1.82) is 0 Å². The molecule has 0 aliphatic heterocycles. The zero-order chi connectivity index (χ0) is 16.4. The van der Waals surface area contributed by atoms with Gasteiger partial charge in [0.1, 0.15) is 16.6 Å². The molecule has 0 amide bonds. The van der Waals surface area contributed by atoms with Crippen LogP contribution in [0.3, 0.4) is 0 Å². The minimum atomic E-state index is -0.217. The Bertz CT molecular complexity index is 751. The van der Waals surface area contributed by atoms with Crippen LogP contribution in [0.25, 0.3) is 0 Å². The molecule has 0 N–H and O–H groups in total. The molecule has 1 heterocycles. The molecular weight excluding hydrogens is 374 g/mol. The van der Waals surface area contributed by atoms with Gasteiger partial charge in [0, 0.05) is 21.5 Å². The van der Waals surface area contributed by atoms with Crippen molar-refractivity contribution in [1.82, 2.24) is 9.97 Å². The minimum Gasteiger partial charge on any atom is -0.224 e. The van der Waals surface area contributed by atoms with Crippen LogP contribution in [0.2, 0.25) is 20.4 Å². The zero-order valence-electron chi connectivity index (χ0n) is 11.7. The highest BCUT2D eigenvalue weighted by atomic mass is 35.5. The maximum atomic E-state index is 6.30. The van der Waals surface area contributed by atoms with Crippen molar-refractivity contribution >= 4 is 46.4 Å². The number of nitrogens with zero attached hydrogens (tertiary/aromatic N) is 2. The predicted octanol–water partition coefficient (Wildman–Crippen LogP) is 6.27. The van der Waals surface area contributed by atoms with Gasteiger partial charge in [-0.3, -0.25) is 0 Å². The van der Waals surface area contributed by atoms with Crippen LogP contribution in [0.5, 0.6) is 0 Å².